The molecule has 0 saturated carbocycles. The highest BCUT2D eigenvalue weighted by Gasteiger charge is 2.34. The Labute approximate surface area is 172 Å². The van der Waals surface area contributed by atoms with Crippen molar-refractivity contribution in [1.82, 2.24) is 9.47 Å². The molecular formula is C20H21N3O5S. The number of thioether (sulfide) groups is 1. The average Bonchev–Trinajstić information content (AvgIpc) is 3.11. The van der Waals surface area contributed by atoms with Crippen LogP contribution in [-0.2, 0) is 9.53 Å². The second-order valence-corrected chi connectivity index (χ2v) is 7.61. The van der Waals surface area contributed by atoms with Crippen molar-refractivity contribution in [3.05, 3.63) is 62.3 Å². The van der Waals surface area contributed by atoms with Crippen LogP contribution < -0.4 is 0 Å². The zero-order chi connectivity index (χ0) is 21.1. The molecule has 1 aliphatic rings. The monoisotopic (exact) mass is 415 g/mol. The number of methoxy groups -OCH3 is 1. The Morgan fingerprint density at radius 1 is 1.21 bits per heavy atom. The van der Waals surface area contributed by atoms with Crippen LogP contribution in [-0.4, -0.2) is 45.8 Å². The van der Waals surface area contributed by atoms with Crippen molar-refractivity contribution in [2.45, 2.75) is 20.3 Å². The van der Waals surface area contributed by atoms with Crippen molar-refractivity contribution in [3.63, 3.8) is 0 Å². The maximum atomic E-state index is 12.6. The van der Waals surface area contributed by atoms with Gasteiger partial charge in [-0.1, -0.05) is 0 Å². The van der Waals surface area contributed by atoms with E-state index < -0.39 is 4.92 Å². The molecule has 29 heavy (non-hydrogen) atoms. The number of carbonyl (C=O) groups is 2. The van der Waals surface area contributed by atoms with E-state index in [1.165, 1.54) is 17.0 Å². The van der Waals surface area contributed by atoms with E-state index in [4.69, 9.17) is 4.74 Å². The van der Waals surface area contributed by atoms with Gasteiger partial charge in [0.05, 0.1) is 9.83 Å². The Bertz CT molecular complexity index is 994. The molecule has 0 aliphatic carbocycles. The van der Waals surface area contributed by atoms with E-state index in [0.717, 1.165) is 34.4 Å². The molecule has 8 nitrogen and oxygen atoms in total. The van der Waals surface area contributed by atoms with Gasteiger partial charge in [-0.05, 0) is 61.9 Å². The topological polar surface area (TPSA) is 94.7 Å². The highest BCUT2D eigenvalue weighted by Crippen LogP contribution is 2.34. The number of hydrogen-bond donors (Lipinski definition) is 0. The summed E-state index contributed by atoms with van der Waals surface area (Å²) >= 11 is 0.933. The molecule has 0 spiro atoms. The van der Waals surface area contributed by atoms with Crippen molar-refractivity contribution < 1.29 is 19.2 Å². The number of carbonyl (C=O) groups excluding carboxylic acids is 2. The lowest BCUT2D eigenvalue weighted by atomic mass is 10.2. The number of nitro benzene ring substituents is 1. The minimum Gasteiger partial charge on any atom is -0.385 e. The zero-order valence-electron chi connectivity index (χ0n) is 16.4. The summed E-state index contributed by atoms with van der Waals surface area (Å²) in [4.78, 5) is 36.8. The second-order valence-electron chi connectivity index (χ2n) is 6.62. The fourth-order valence-electron chi connectivity index (χ4n) is 3.26. The van der Waals surface area contributed by atoms with Crippen LogP contribution >= 0.6 is 11.8 Å². The van der Waals surface area contributed by atoms with Crippen molar-refractivity contribution in [1.29, 1.82) is 0 Å². The van der Waals surface area contributed by atoms with Gasteiger partial charge in [-0.3, -0.25) is 24.6 Å². The number of imide groups is 1. The van der Waals surface area contributed by atoms with Gasteiger partial charge in [0.1, 0.15) is 0 Å². The van der Waals surface area contributed by atoms with Crippen molar-refractivity contribution in [2.24, 2.45) is 0 Å². The smallest absolute Gasteiger partial charge is 0.293 e. The predicted octanol–water partition coefficient (Wildman–Crippen LogP) is 4.08. The fraction of sp³-hybridized carbons (Fsp3) is 0.300. The number of nitrogens with zero attached hydrogens (tertiary/aromatic N) is 3. The Morgan fingerprint density at radius 2 is 1.90 bits per heavy atom. The molecule has 1 saturated heterocycles. The third-order valence-corrected chi connectivity index (χ3v) is 5.59. The number of benzene rings is 1. The second kappa shape index (κ2) is 8.62. The number of rotatable bonds is 7. The number of nitro groups is 1. The molecular weight excluding hydrogens is 394 g/mol. The van der Waals surface area contributed by atoms with Crippen LogP contribution in [0, 0.1) is 24.0 Å². The third kappa shape index (κ3) is 4.25. The summed E-state index contributed by atoms with van der Waals surface area (Å²) in [5, 5.41) is 10.6. The molecule has 1 aliphatic heterocycles. The summed E-state index contributed by atoms with van der Waals surface area (Å²) in [6.07, 6.45) is 2.32. The average molecular weight is 415 g/mol. The lowest BCUT2D eigenvalue weighted by Gasteiger charge is -2.11. The van der Waals surface area contributed by atoms with Gasteiger partial charge in [0.2, 0.25) is 0 Å². The van der Waals surface area contributed by atoms with Crippen molar-refractivity contribution >= 4 is 34.7 Å². The molecule has 1 aromatic carbocycles. The third-order valence-electron chi connectivity index (χ3n) is 4.68. The number of amides is 2. The number of ether oxygens (including phenoxy) is 1. The molecule has 9 heteroatoms. The first-order valence-electron chi connectivity index (χ1n) is 9.01. The summed E-state index contributed by atoms with van der Waals surface area (Å²) in [7, 11) is 1.58. The van der Waals surface area contributed by atoms with Crippen molar-refractivity contribution in [2.75, 3.05) is 20.3 Å². The standard InChI is InChI=1S/C20H21N3O5S/c1-13-11-15(12-18-19(24)21(20(25)29-18)9-4-10-28-3)14(2)22(13)16-5-7-17(8-6-16)23(26)27/h5-8,11-12H,4,9-10H2,1-3H3/b18-12-. The summed E-state index contributed by atoms with van der Waals surface area (Å²) in [6.45, 7) is 4.64. The van der Waals surface area contributed by atoms with E-state index in [-0.39, 0.29) is 16.8 Å². The first-order chi connectivity index (χ1) is 13.8. The van der Waals surface area contributed by atoms with Gasteiger partial charge in [-0.15, -0.1) is 0 Å². The van der Waals surface area contributed by atoms with E-state index in [9.17, 15) is 19.7 Å². The predicted molar refractivity (Wildman–Crippen MR) is 111 cm³/mol. The molecule has 0 bridgehead atoms. The van der Waals surface area contributed by atoms with E-state index in [1.807, 2.05) is 24.5 Å². The molecule has 2 aromatic rings. The van der Waals surface area contributed by atoms with Crippen LogP contribution in [0.3, 0.4) is 0 Å². The van der Waals surface area contributed by atoms with Gasteiger partial charge >= 0.3 is 0 Å². The van der Waals surface area contributed by atoms with Crippen LogP contribution in [0.25, 0.3) is 11.8 Å². The number of aromatic nitrogens is 1. The molecule has 1 fully saturated rings. The van der Waals surface area contributed by atoms with Crippen LogP contribution in [0.5, 0.6) is 0 Å². The molecule has 1 aromatic heterocycles. The van der Waals surface area contributed by atoms with Crippen molar-refractivity contribution in [3.8, 4) is 5.69 Å². The maximum Gasteiger partial charge on any atom is 0.293 e. The minimum absolute atomic E-state index is 0.0265. The van der Waals surface area contributed by atoms with Gasteiger partial charge in [0.15, 0.2) is 0 Å². The summed E-state index contributed by atoms with van der Waals surface area (Å²) in [6, 6.07) is 8.21. The van der Waals surface area contributed by atoms with E-state index in [0.29, 0.717) is 24.5 Å². The quantitative estimate of drug-likeness (QED) is 0.293. The summed E-state index contributed by atoms with van der Waals surface area (Å²) < 4.78 is 6.93. The molecule has 0 unspecified atom stereocenters. The van der Waals surface area contributed by atoms with Crippen LogP contribution in [0.4, 0.5) is 10.5 Å². The molecule has 0 atom stereocenters. The van der Waals surface area contributed by atoms with E-state index in [1.54, 1.807) is 25.3 Å². The highest BCUT2D eigenvalue weighted by atomic mass is 32.2. The van der Waals surface area contributed by atoms with Crippen LogP contribution in [0.1, 0.15) is 23.4 Å². The highest BCUT2D eigenvalue weighted by molar-refractivity contribution is 8.18. The van der Waals surface area contributed by atoms with E-state index in [2.05, 4.69) is 0 Å². The van der Waals surface area contributed by atoms with Gasteiger partial charge in [0.25, 0.3) is 16.8 Å². The molecule has 0 radical (unpaired) electrons. The molecule has 0 N–H and O–H groups in total. The van der Waals surface area contributed by atoms with Gasteiger partial charge < -0.3 is 9.30 Å². The first kappa shape index (κ1) is 20.8. The Kier molecular flexibility index (Phi) is 6.19. The molecule has 152 valence electrons. The van der Waals surface area contributed by atoms with Gasteiger partial charge in [-0.2, -0.15) is 0 Å². The maximum absolute atomic E-state index is 12.6. The number of non-ortho nitro benzene ring substituents is 1. The molecule has 3 rings (SSSR count). The largest absolute Gasteiger partial charge is 0.385 e. The lowest BCUT2D eigenvalue weighted by molar-refractivity contribution is -0.384. The Balaban J connectivity index is 1.87. The number of aryl methyl sites for hydroxylation is 1. The van der Waals surface area contributed by atoms with Crippen LogP contribution in [0.2, 0.25) is 0 Å². The minimum atomic E-state index is -0.437. The Morgan fingerprint density at radius 3 is 2.52 bits per heavy atom. The van der Waals surface area contributed by atoms with E-state index >= 15 is 0 Å². The summed E-state index contributed by atoms with van der Waals surface area (Å²) in [5.74, 6) is -0.295. The molecule has 2 heterocycles. The number of hydrogen-bond acceptors (Lipinski definition) is 6. The SMILES string of the molecule is COCCCN1C(=O)S/C(=C\c2cc(C)n(-c3ccc([N+](=O)[O-])cc3)c2C)C1=O. The molecule has 2 amide bonds. The van der Waals surface area contributed by atoms with Crippen LogP contribution in [0.15, 0.2) is 35.2 Å². The summed E-state index contributed by atoms with van der Waals surface area (Å²) in [5.41, 5.74) is 3.43. The fourth-order valence-corrected chi connectivity index (χ4v) is 4.11. The lowest BCUT2D eigenvalue weighted by Crippen LogP contribution is -2.29. The van der Waals surface area contributed by atoms with Gasteiger partial charge in [-0.25, -0.2) is 0 Å². The van der Waals surface area contributed by atoms with Gasteiger partial charge in [0, 0.05) is 49.5 Å². The Hall–Kier alpha value is -2.91. The normalized spacial score (nSPS) is 15.6. The zero-order valence-corrected chi connectivity index (χ0v) is 17.2. The first-order valence-corrected chi connectivity index (χ1v) is 9.83.